The van der Waals surface area contributed by atoms with Gasteiger partial charge in [0.15, 0.2) is 17.6 Å². The molecule has 0 spiro atoms. The van der Waals surface area contributed by atoms with Crippen molar-refractivity contribution in [2.24, 2.45) is 0 Å². The van der Waals surface area contributed by atoms with E-state index in [0.717, 1.165) is 56.6 Å². The summed E-state index contributed by atoms with van der Waals surface area (Å²) < 4.78 is 70.8. The molecular weight excluding hydrogens is 594 g/mol. The Labute approximate surface area is 259 Å². The number of carbonyl (C=O) groups is 1. The molecule has 1 atom stereocenters. The molecule has 14 heteroatoms. The van der Waals surface area contributed by atoms with Crippen molar-refractivity contribution in [1.82, 2.24) is 34.7 Å². The standard InChI is InChI=1S/C31H39F4N7O3/c1-29(2,3)45-28(43)40-16-13-30(32,14-17-40)25-19-42(39-36-25)22-11-9-20(10-12-22)26-37-38-27-24(8-5-15-41(26)27)44-23-7-4-6-21(18-23)31(33,34)35/h4,6-7,18-20,22,24H,5,8-17H2,1-3H3/t20-,22-,24?. The molecule has 1 amide bonds. The molecule has 6 rings (SSSR count). The fourth-order valence-corrected chi connectivity index (χ4v) is 6.57. The van der Waals surface area contributed by atoms with Crippen LogP contribution in [0.4, 0.5) is 22.4 Å². The van der Waals surface area contributed by atoms with Crippen molar-refractivity contribution in [3.63, 3.8) is 0 Å². The number of piperidine rings is 1. The summed E-state index contributed by atoms with van der Waals surface area (Å²) in [6.07, 6.45) is 1.37. The number of ether oxygens (including phenoxy) is 2. The van der Waals surface area contributed by atoms with Gasteiger partial charge >= 0.3 is 12.3 Å². The zero-order chi connectivity index (χ0) is 32.0. The third kappa shape index (κ3) is 6.79. The summed E-state index contributed by atoms with van der Waals surface area (Å²) in [5.74, 6) is 1.84. The summed E-state index contributed by atoms with van der Waals surface area (Å²) in [5.41, 5.74) is -2.71. The third-order valence-electron chi connectivity index (χ3n) is 9.00. The fraction of sp³-hybridized carbons (Fsp3) is 0.645. The summed E-state index contributed by atoms with van der Waals surface area (Å²) in [6, 6.07) is 4.99. The van der Waals surface area contributed by atoms with Gasteiger partial charge in [-0.2, -0.15) is 13.2 Å². The first-order valence-electron chi connectivity index (χ1n) is 15.7. The van der Waals surface area contributed by atoms with E-state index in [-0.39, 0.29) is 43.6 Å². The van der Waals surface area contributed by atoms with Crippen LogP contribution in [0, 0.1) is 0 Å². The SMILES string of the molecule is CC(C)(C)OC(=O)N1CCC(F)(c2cn([C@H]3CC[C@H](c4nnc5n4CCCC5Oc4cccc(C(F)(F)F)c4)CC3)nn2)CC1. The zero-order valence-corrected chi connectivity index (χ0v) is 25.8. The van der Waals surface area contributed by atoms with Crippen LogP contribution in [0.3, 0.4) is 0 Å². The van der Waals surface area contributed by atoms with Gasteiger partial charge in [0.25, 0.3) is 0 Å². The lowest BCUT2D eigenvalue weighted by Crippen LogP contribution is -2.45. The van der Waals surface area contributed by atoms with E-state index < -0.39 is 35.2 Å². The van der Waals surface area contributed by atoms with Gasteiger partial charge in [-0.1, -0.05) is 11.3 Å². The number of carbonyl (C=O) groups excluding carboxylic acids is 1. The maximum atomic E-state index is 15.9. The number of fused-ring (bicyclic) bond motifs is 1. The first-order chi connectivity index (χ1) is 21.3. The van der Waals surface area contributed by atoms with Crippen molar-refractivity contribution in [3.8, 4) is 5.75 Å². The van der Waals surface area contributed by atoms with Crippen LogP contribution < -0.4 is 4.74 Å². The van der Waals surface area contributed by atoms with Crippen LogP contribution in [-0.2, 0) is 23.1 Å². The Bertz CT molecular complexity index is 1500. The van der Waals surface area contributed by atoms with Crippen LogP contribution in [0.25, 0.3) is 0 Å². The monoisotopic (exact) mass is 633 g/mol. The number of benzene rings is 1. The quantitative estimate of drug-likeness (QED) is 0.282. The molecule has 1 saturated carbocycles. The Balaban J connectivity index is 1.06. The molecule has 3 aliphatic rings. The van der Waals surface area contributed by atoms with Crippen LogP contribution in [0.5, 0.6) is 5.75 Å². The van der Waals surface area contributed by atoms with Gasteiger partial charge in [0.2, 0.25) is 0 Å². The number of alkyl halides is 4. The molecule has 2 aromatic heterocycles. The lowest BCUT2D eigenvalue weighted by Gasteiger charge is -2.36. The molecule has 4 heterocycles. The van der Waals surface area contributed by atoms with Gasteiger partial charge in [-0.15, -0.1) is 15.3 Å². The summed E-state index contributed by atoms with van der Waals surface area (Å²) >= 11 is 0. The molecule has 10 nitrogen and oxygen atoms in total. The van der Waals surface area contributed by atoms with Crippen LogP contribution in [0.1, 0.15) is 113 Å². The first kappa shape index (κ1) is 31.3. The largest absolute Gasteiger partial charge is 0.482 e. The van der Waals surface area contributed by atoms with Gasteiger partial charge in [0.05, 0.1) is 17.8 Å². The van der Waals surface area contributed by atoms with E-state index in [1.165, 1.54) is 17.0 Å². The highest BCUT2D eigenvalue weighted by Crippen LogP contribution is 2.41. The van der Waals surface area contributed by atoms with Crippen molar-refractivity contribution in [2.45, 2.75) is 114 Å². The topological polar surface area (TPSA) is 100 Å². The van der Waals surface area contributed by atoms with E-state index in [2.05, 4.69) is 25.1 Å². The first-order valence-corrected chi connectivity index (χ1v) is 15.7. The number of rotatable bonds is 5. The summed E-state index contributed by atoms with van der Waals surface area (Å²) in [7, 11) is 0. The van der Waals surface area contributed by atoms with E-state index in [0.29, 0.717) is 17.9 Å². The van der Waals surface area contributed by atoms with Gasteiger partial charge in [-0.25, -0.2) is 13.9 Å². The van der Waals surface area contributed by atoms with Crippen LogP contribution >= 0.6 is 0 Å². The number of nitrogens with zero attached hydrogens (tertiary/aromatic N) is 7. The molecule has 45 heavy (non-hydrogen) atoms. The van der Waals surface area contributed by atoms with Gasteiger partial charge < -0.3 is 18.9 Å². The van der Waals surface area contributed by atoms with Crippen molar-refractivity contribution in [1.29, 1.82) is 0 Å². The summed E-state index contributed by atoms with van der Waals surface area (Å²) in [4.78, 5) is 13.9. The van der Waals surface area contributed by atoms with Crippen molar-refractivity contribution < 1.29 is 31.8 Å². The Hall–Kier alpha value is -3.71. The minimum absolute atomic E-state index is 0.0775. The molecule has 0 bridgehead atoms. The smallest absolute Gasteiger partial charge is 0.416 e. The van der Waals surface area contributed by atoms with E-state index in [1.807, 2.05) is 0 Å². The third-order valence-corrected chi connectivity index (χ3v) is 9.00. The van der Waals surface area contributed by atoms with Gasteiger partial charge in [-0.3, -0.25) is 0 Å². The molecule has 1 saturated heterocycles. The number of amides is 1. The maximum Gasteiger partial charge on any atom is 0.416 e. The molecule has 244 valence electrons. The zero-order valence-electron chi connectivity index (χ0n) is 25.8. The second-order valence-corrected chi connectivity index (χ2v) is 13.4. The van der Waals surface area contributed by atoms with Gasteiger partial charge in [-0.05, 0) is 77.5 Å². The van der Waals surface area contributed by atoms with Crippen molar-refractivity contribution in [2.75, 3.05) is 13.1 Å². The van der Waals surface area contributed by atoms with Gasteiger partial charge in [0, 0.05) is 38.4 Å². The highest BCUT2D eigenvalue weighted by atomic mass is 19.4. The molecule has 2 fully saturated rings. The van der Waals surface area contributed by atoms with Crippen molar-refractivity contribution >= 4 is 6.09 Å². The molecule has 0 radical (unpaired) electrons. The number of hydrogen-bond donors (Lipinski definition) is 0. The number of likely N-dealkylation sites (tertiary alicyclic amines) is 1. The Morgan fingerprint density at radius 3 is 2.36 bits per heavy atom. The second kappa shape index (κ2) is 11.9. The Morgan fingerprint density at radius 2 is 1.67 bits per heavy atom. The Kier molecular flexibility index (Phi) is 8.27. The number of aromatic nitrogens is 6. The summed E-state index contributed by atoms with van der Waals surface area (Å²) in [5, 5.41) is 17.4. The molecule has 1 aliphatic carbocycles. The predicted molar refractivity (Wildman–Crippen MR) is 154 cm³/mol. The minimum Gasteiger partial charge on any atom is -0.482 e. The lowest BCUT2D eigenvalue weighted by molar-refractivity contribution is -0.137. The average molecular weight is 634 g/mol. The number of hydrogen-bond acceptors (Lipinski definition) is 7. The molecule has 2 aliphatic heterocycles. The van der Waals surface area contributed by atoms with Crippen LogP contribution in [0.15, 0.2) is 30.5 Å². The molecule has 0 N–H and O–H groups in total. The molecule has 1 unspecified atom stereocenters. The van der Waals surface area contributed by atoms with E-state index in [9.17, 15) is 18.0 Å². The minimum atomic E-state index is -4.44. The molecular formula is C31H39F4N7O3. The summed E-state index contributed by atoms with van der Waals surface area (Å²) in [6.45, 7) is 6.64. The maximum absolute atomic E-state index is 15.9. The van der Waals surface area contributed by atoms with E-state index in [4.69, 9.17) is 9.47 Å². The Morgan fingerprint density at radius 1 is 0.956 bits per heavy atom. The van der Waals surface area contributed by atoms with Gasteiger partial charge in [0.1, 0.15) is 22.9 Å². The fourth-order valence-electron chi connectivity index (χ4n) is 6.57. The van der Waals surface area contributed by atoms with E-state index >= 15 is 4.39 Å². The van der Waals surface area contributed by atoms with Crippen molar-refractivity contribution in [3.05, 3.63) is 53.4 Å². The second-order valence-electron chi connectivity index (χ2n) is 13.4. The predicted octanol–water partition coefficient (Wildman–Crippen LogP) is 6.90. The molecule has 3 aromatic rings. The lowest BCUT2D eigenvalue weighted by atomic mass is 9.85. The highest BCUT2D eigenvalue weighted by molar-refractivity contribution is 5.68. The highest BCUT2D eigenvalue weighted by Gasteiger charge is 2.41. The normalized spacial score (nSPS) is 23.8. The van der Waals surface area contributed by atoms with Crippen LogP contribution in [0.2, 0.25) is 0 Å². The van der Waals surface area contributed by atoms with E-state index in [1.54, 1.807) is 31.6 Å². The van der Waals surface area contributed by atoms with Crippen LogP contribution in [-0.4, -0.2) is 59.4 Å². The number of halogens is 4. The molecule has 1 aromatic carbocycles. The average Bonchev–Trinajstić information content (AvgIpc) is 3.66.